The van der Waals surface area contributed by atoms with Gasteiger partial charge in [0.2, 0.25) is 0 Å². The van der Waals surface area contributed by atoms with Crippen molar-refractivity contribution in [3.63, 3.8) is 0 Å². The maximum Gasteiger partial charge on any atom is 0.412 e. The van der Waals surface area contributed by atoms with Gasteiger partial charge in [0, 0.05) is 17.3 Å². The van der Waals surface area contributed by atoms with E-state index in [-0.39, 0.29) is 12.2 Å². The van der Waals surface area contributed by atoms with Gasteiger partial charge in [-0.1, -0.05) is 12.1 Å². The van der Waals surface area contributed by atoms with Crippen LogP contribution in [0.15, 0.2) is 63.7 Å². The molecule has 0 aliphatic carbocycles. The van der Waals surface area contributed by atoms with Crippen molar-refractivity contribution in [3.8, 4) is 11.4 Å². The summed E-state index contributed by atoms with van der Waals surface area (Å²) in [6, 6.07) is 9.74. The summed E-state index contributed by atoms with van der Waals surface area (Å²) in [6.07, 6.45) is 1.30. The minimum atomic E-state index is -0.791. The highest BCUT2D eigenvalue weighted by Gasteiger charge is 2.44. The third kappa shape index (κ3) is 3.92. The molecule has 0 spiro atoms. The van der Waals surface area contributed by atoms with Gasteiger partial charge >= 0.3 is 17.5 Å². The van der Waals surface area contributed by atoms with Crippen LogP contribution in [0.1, 0.15) is 46.2 Å². The van der Waals surface area contributed by atoms with Crippen LogP contribution in [0, 0.1) is 5.82 Å². The minimum Gasteiger partial charge on any atom is -0.483 e. The van der Waals surface area contributed by atoms with E-state index in [1.165, 1.54) is 33.6 Å². The number of aromatic nitrogens is 3. The number of nitrogens with zero attached hydrogens (tertiary/aromatic N) is 3. The number of amides is 1. The van der Waals surface area contributed by atoms with Crippen molar-refractivity contribution in [3.05, 3.63) is 86.5 Å². The number of ether oxygens (including phenoxy) is 2. The van der Waals surface area contributed by atoms with Crippen LogP contribution in [0.2, 0.25) is 0 Å². The first-order valence-corrected chi connectivity index (χ1v) is 11.6. The zero-order chi connectivity index (χ0) is 26.0. The summed E-state index contributed by atoms with van der Waals surface area (Å²) in [5.41, 5.74) is -0.246. The van der Waals surface area contributed by atoms with Crippen LogP contribution in [0.25, 0.3) is 5.69 Å². The summed E-state index contributed by atoms with van der Waals surface area (Å²) in [7, 11) is 0. The second-order valence-electron chi connectivity index (χ2n) is 10.4. The predicted octanol–water partition coefficient (Wildman–Crippen LogP) is 3.99. The molecule has 188 valence electrons. The largest absolute Gasteiger partial charge is 0.483 e. The average molecular weight is 495 g/mol. The predicted molar refractivity (Wildman–Crippen MR) is 131 cm³/mol. The van der Waals surface area contributed by atoms with Gasteiger partial charge in [0.15, 0.2) is 0 Å². The number of carbonyl (C=O) groups is 1. The number of carbonyl (C=O) groups excluding carboxylic acids is 1. The van der Waals surface area contributed by atoms with Gasteiger partial charge in [0.05, 0.1) is 12.2 Å². The Labute approximate surface area is 206 Å². The number of halogens is 1. The van der Waals surface area contributed by atoms with Crippen LogP contribution in [0.4, 0.5) is 14.9 Å². The molecule has 3 heterocycles. The summed E-state index contributed by atoms with van der Waals surface area (Å²) >= 11 is 0. The van der Waals surface area contributed by atoms with Crippen LogP contribution in [-0.2, 0) is 11.3 Å². The molecule has 0 saturated carbocycles. The van der Waals surface area contributed by atoms with E-state index in [0.717, 1.165) is 10.1 Å². The van der Waals surface area contributed by atoms with Gasteiger partial charge in [-0.3, -0.25) is 5.32 Å². The molecule has 0 radical (unpaired) electrons. The van der Waals surface area contributed by atoms with Gasteiger partial charge in [0.1, 0.15) is 28.8 Å². The Balaban J connectivity index is 1.61. The molecule has 1 N–H and O–H groups in total. The number of allylic oxidation sites excluding steroid dienone is 1. The molecule has 0 fully saturated rings. The van der Waals surface area contributed by atoms with E-state index in [2.05, 4.69) is 5.32 Å². The third-order valence-corrected chi connectivity index (χ3v) is 6.18. The molecule has 2 aliphatic heterocycles. The number of anilines is 1. The molecule has 0 saturated heterocycles. The molecule has 3 aromatic rings. The third-order valence-electron chi connectivity index (χ3n) is 6.18. The second kappa shape index (κ2) is 7.97. The van der Waals surface area contributed by atoms with Gasteiger partial charge in [0.25, 0.3) is 0 Å². The number of benzene rings is 2. The summed E-state index contributed by atoms with van der Waals surface area (Å²) in [5.74, 6) is 0.00812. The summed E-state index contributed by atoms with van der Waals surface area (Å²) in [5, 5.41) is 2.70. The van der Waals surface area contributed by atoms with E-state index in [0.29, 0.717) is 17.0 Å². The van der Waals surface area contributed by atoms with Crippen LogP contribution in [0.3, 0.4) is 0 Å². The van der Waals surface area contributed by atoms with E-state index in [1.807, 2.05) is 19.9 Å². The fourth-order valence-electron chi connectivity index (χ4n) is 4.71. The van der Waals surface area contributed by atoms with E-state index >= 15 is 0 Å². The Morgan fingerprint density at radius 1 is 1.11 bits per heavy atom. The molecule has 5 rings (SSSR count). The maximum absolute atomic E-state index is 13.6. The van der Waals surface area contributed by atoms with Crippen molar-refractivity contribution in [2.24, 2.45) is 0 Å². The summed E-state index contributed by atoms with van der Waals surface area (Å²) in [4.78, 5) is 39.1. The summed E-state index contributed by atoms with van der Waals surface area (Å²) in [6.45, 7) is 9.29. The number of nitrogens with one attached hydrogen (secondary N) is 1. The van der Waals surface area contributed by atoms with Crippen molar-refractivity contribution in [2.45, 2.75) is 58.4 Å². The average Bonchev–Trinajstić information content (AvgIpc) is 3.02. The van der Waals surface area contributed by atoms with Gasteiger partial charge in [-0.2, -0.15) is 0 Å². The van der Waals surface area contributed by atoms with Crippen LogP contribution >= 0.6 is 0 Å². The Morgan fingerprint density at radius 3 is 2.47 bits per heavy atom. The highest BCUT2D eigenvalue weighted by molar-refractivity contribution is 5.85. The van der Waals surface area contributed by atoms with Crippen molar-refractivity contribution in [2.75, 3.05) is 5.32 Å². The molecule has 10 heteroatoms. The molecule has 2 aliphatic rings. The topological polar surface area (TPSA) is 96.5 Å². The molecule has 2 aromatic carbocycles. The number of hydrogen-bond donors (Lipinski definition) is 1. The Morgan fingerprint density at radius 2 is 1.81 bits per heavy atom. The molecule has 1 unspecified atom stereocenters. The smallest absolute Gasteiger partial charge is 0.412 e. The monoisotopic (exact) mass is 494 g/mol. The van der Waals surface area contributed by atoms with E-state index in [1.54, 1.807) is 39.0 Å². The van der Waals surface area contributed by atoms with Gasteiger partial charge in [-0.15, -0.1) is 0 Å². The van der Waals surface area contributed by atoms with E-state index < -0.39 is 40.5 Å². The molecular formula is C26H27FN4O5. The zero-order valence-electron chi connectivity index (χ0n) is 20.7. The Kier molecular flexibility index (Phi) is 5.24. The normalized spacial score (nSPS) is 17.7. The SMILES string of the molecule is CC(C)(C)OC(=O)Nc1ccc2c(c1)OC(C)(C)C1=CCn3c(=O)n(-c4ccc(F)cc4)c(=O)n3C12. The summed E-state index contributed by atoms with van der Waals surface area (Å²) < 4.78 is 28.9. The molecule has 1 aromatic heterocycles. The van der Waals surface area contributed by atoms with Crippen molar-refractivity contribution >= 4 is 11.8 Å². The van der Waals surface area contributed by atoms with Gasteiger partial charge in [-0.25, -0.2) is 32.7 Å². The first kappa shape index (κ1) is 23.7. The van der Waals surface area contributed by atoms with Crippen molar-refractivity contribution < 1.29 is 18.7 Å². The lowest BCUT2D eigenvalue weighted by Crippen LogP contribution is -2.46. The molecule has 9 nitrogen and oxygen atoms in total. The second-order valence-corrected chi connectivity index (χ2v) is 10.4. The Hall–Kier alpha value is -4.08. The Bertz CT molecular complexity index is 1520. The molecule has 0 bridgehead atoms. The minimum absolute atomic E-state index is 0.189. The van der Waals surface area contributed by atoms with E-state index in [4.69, 9.17) is 9.47 Å². The molecular weight excluding hydrogens is 467 g/mol. The van der Waals surface area contributed by atoms with Crippen LogP contribution in [0.5, 0.6) is 5.75 Å². The first-order valence-electron chi connectivity index (χ1n) is 11.6. The fourth-order valence-corrected chi connectivity index (χ4v) is 4.71. The highest BCUT2D eigenvalue weighted by atomic mass is 19.1. The molecule has 1 atom stereocenters. The number of hydrogen-bond acceptors (Lipinski definition) is 5. The maximum atomic E-state index is 13.6. The van der Waals surface area contributed by atoms with Gasteiger partial charge in [-0.05, 0) is 70.5 Å². The lowest BCUT2D eigenvalue weighted by molar-refractivity contribution is 0.0636. The lowest BCUT2D eigenvalue weighted by Gasteiger charge is -2.42. The molecule has 1 amide bonds. The quantitative estimate of drug-likeness (QED) is 0.544. The zero-order valence-corrected chi connectivity index (χ0v) is 20.7. The van der Waals surface area contributed by atoms with Crippen LogP contribution < -0.4 is 21.4 Å². The van der Waals surface area contributed by atoms with Crippen LogP contribution in [-0.4, -0.2) is 31.2 Å². The highest BCUT2D eigenvalue weighted by Crippen LogP contribution is 2.46. The van der Waals surface area contributed by atoms with E-state index in [9.17, 15) is 18.8 Å². The number of fused-ring (bicyclic) bond motifs is 5. The lowest BCUT2D eigenvalue weighted by atomic mass is 9.83. The fraction of sp³-hybridized carbons (Fsp3) is 0.346. The number of rotatable bonds is 2. The first-order chi connectivity index (χ1) is 16.9. The standard InChI is InChI=1S/C26H27FN4O5/c1-25(2,3)36-22(32)28-16-8-11-18-20(14-16)35-26(4,5)19-12-13-29-23(33)30(24(34)31(29)21(18)19)17-9-6-15(27)7-10-17/h6-12,14,21H,13H2,1-5H3,(H,28,32). The van der Waals surface area contributed by atoms with Crippen molar-refractivity contribution in [1.29, 1.82) is 0 Å². The molecule has 36 heavy (non-hydrogen) atoms. The van der Waals surface area contributed by atoms with Gasteiger partial charge < -0.3 is 9.47 Å². The van der Waals surface area contributed by atoms with Crippen molar-refractivity contribution in [1.82, 2.24) is 13.9 Å².